The van der Waals surface area contributed by atoms with Gasteiger partial charge < -0.3 is 16.2 Å². The Hall–Kier alpha value is -2.30. The lowest BCUT2D eigenvalue weighted by Gasteiger charge is -2.20. The molecular weight excluding hydrogens is 280 g/mol. The molecule has 0 unspecified atom stereocenters. The Morgan fingerprint density at radius 3 is 2.41 bits per heavy atom. The molecule has 0 bridgehead atoms. The molecule has 0 atom stereocenters. The molecule has 120 valence electrons. The van der Waals surface area contributed by atoms with Crippen LogP contribution in [0.5, 0.6) is 0 Å². The lowest BCUT2D eigenvalue weighted by atomic mass is 9.91. The zero-order chi connectivity index (χ0) is 17.1. The first kappa shape index (κ1) is 17.8. The molecular formula is C17H24N2O3. The van der Waals surface area contributed by atoms with Crippen LogP contribution in [0.1, 0.15) is 43.9 Å². The van der Waals surface area contributed by atoms with E-state index in [0.29, 0.717) is 23.4 Å². The van der Waals surface area contributed by atoms with Gasteiger partial charge in [-0.2, -0.15) is 0 Å². The smallest absolute Gasteiger partial charge is 0.328 e. The SMILES string of the molecule is Cc1cc(/C=C/C(=O)O)c(N)c(C)c1NC(=O)CC(C)(C)C. The van der Waals surface area contributed by atoms with E-state index in [4.69, 9.17) is 10.8 Å². The summed E-state index contributed by atoms with van der Waals surface area (Å²) in [5, 5.41) is 11.6. The highest BCUT2D eigenvalue weighted by molar-refractivity contribution is 5.95. The molecule has 0 saturated heterocycles. The molecule has 5 heteroatoms. The van der Waals surface area contributed by atoms with Crippen molar-refractivity contribution in [1.29, 1.82) is 0 Å². The van der Waals surface area contributed by atoms with Crippen molar-refractivity contribution in [3.8, 4) is 0 Å². The molecule has 0 aromatic heterocycles. The van der Waals surface area contributed by atoms with E-state index in [9.17, 15) is 9.59 Å². The summed E-state index contributed by atoms with van der Waals surface area (Å²) in [6.45, 7) is 9.67. The number of anilines is 2. The number of carboxylic acid groups (broad SMARTS) is 1. The topological polar surface area (TPSA) is 92.4 Å². The number of benzene rings is 1. The molecule has 0 spiro atoms. The van der Waals surface area contributed by atoms with Crippen LogP contribution in [0.15, 0.2) is 12.1 Å². The van der Waals surface area contributed by atoms with Crippen LogP contribution in [-0.2, 0) is 9.59 Å². The van der Waals surface area contributed by atoms with E-state index in [2.05, 4.69) is 5.32 Å². The molecule has 0 heterocycles. The van der Waals surface area contributed by atoms with Gasteiger partial charge in [0.1, 0.15) is 0 Å². The van der Waals surface area contributed by atoms with Crippen LogP contribution < -0.4 is 11.1 Å². The zero-order valence-corrected chi connectivity index (χ0v) is 13.8. The molecule has 0 aliphatic heterocycles. The number of nitrogen functional groups attached to an aromatic ring is 1. The molecule has 1 amide bonds. The average Bonchev–Trinajstić information content (AvgIpc) is 2.35. The van der Waals surface area contributed by atoms with Gasteiger partial charge >= 0.3 is 5.97 Å². The number of carbonyl (C=O) groups excluding carboxylic acids is 1. The highest BCUT2D eigenvalue weighted by Gasteiger charge is 2.18. The van der Waals surface area contributed by atoms with Crippen LogP contribution in [0.4, 0.5) is 11.4 Å². The molecule has 0 aliphatic carbocycles. The molecule has 1 rings (SSSR count). The minimum atomic E-state index is -1.03. The van der Waals surface area contributed by atoms with Crippen LogP contribution >= 0.6 is 0 Å². The Labute approximate surface area is 131 Å². The molecule has 0 saturated carbocycles. The zero-order valence-electron chi connectivity index (χ0n) is 13.8. The van der Waals surface area contributed by atoms with Gasteiger partial charge in [-0.05, 0) is 48.1 Å². The predicted molar refractivity (Wildman–Crippen MR) is 89.7 cm³/mol. The molecule has 0 radical (unpaired) electrons. The van der Waals surface area contributed by atoms with E-state index in [-0.39, 0.29) is 11.3 Å². The van der Waals surface area contributed by atoms with Gasteiger partial charge in [0.2, 0.25) is 5.91 Å². The van der Waals surface area contributed by atoms with Crippen molar-refractivity contribution < 1.29 is 14.7 Å². The van der Waals surface area contributed by atoms with Gasteiger partial charge in [0.15, 0.2) is 0 Å². The summed E-state index contributed by atoms with van der Waals surface area (Å²) < 4.78 is 0. The van der Waals surface area contributed by atoms with Gasteiger partial charge in [-0.3, -0.25) is 4.79 Å². The minimum absolute atomic E-state index is 0.0630. The van der Waals surface area contributed by atoms with Crippen LogP contribution in [0.25, 0.3) is 6.08 Å². The summed E-state index contributed by atoms with van der Waals surface area (Å²) in [6.07, 6.45) is 2.91. The minimum Gasteiger partial charge on any atom is -0.478 e. The van der Waals surface area contributed by atoms with Crippen molar-refractivity contribution in [3.05, 3.63) is 28.8 Å². The van der Waals surface area contributed by atoms with Crippen molar-refractivity contribution in [3.63, 3.8) is 0 Å². The van der Waals surface area contributed by atoms with Gasteiger partial charge in [0, 0.05) is 23.9 Å². The Bertz CT molecular complexity index is 626. The number of hydrogen-bond donors (Lipinski definition) is 3. The number of carbonyl (C=O) groups is 2. The lowest BCUT2D eigenvalue weighted by molar-refractivity contribution is -0.131. The number of aliphatic carboxylic acids is 1. The molecule has 0 fully saturated rings. The number of aryl methyl sites for hydroxylation is 1. The highest BCUT2D eigenvalue weighted by Crippen LogP contribution is 2.30. The normalized spacial score (nSPS) is 11.7. The van der Waals surface area contributed by atoms with Gasteiger partial charge in [-0.15, -0.1) is 0 Å². The Morgan fingerprint density at radius 2 is 1.91 bits per heavy atom. The van der Waals surface area contributed by atoms with E-state index in [1.165, 1.54) is 6.08 Å². The van der Waals surface area contributed by atoms with E-state index in [0.717, 1.165) is 17.2 Å². The Balaban J connectivity index is 3.11. The molecule has 22 heavy (non-hydrogen) atoms. The summed E-state index contributed by atoms with van der Waals surface area (Å²) in [6, 6.07) is 1.77. The lowest BCUT2D eigenvalue weighted by Crippen LogP contribution is -2.21. The number of carboxylic acids is 1. The maximum Gasteiger partial charge on any atom is 0.328 e. The predicted octanol–water partition coefficient (Wildman–Crippen LogP) is 3.36. The highest BCUT2D eigenvalue weighted by atomic mass is 16.4. The van der Waals surface area contributed by atoms with Crippen LogP contribution in [-0.4, -0.2) is 17.0 Å². The number of amides is 1. The fourth-order valence-electron chi connectivity index (χ4n) is 2.19. The first-order valence-electron chi connectivity index (χ1n) is 7.12. The summed E-state index contributed by atoms with van der Waals surface area (Å²) in [5.74, 6) is -1.09. The number of rotatable bonds is 4. The van der Waals surface area contributed by atoms with E-state index in [1.807, 2.05) is 34.6 Å². The average molecular weight is 304 g/mol. The Kier molecular flexibility index (Phi) is 5.36. The summed E-state index contributed by atoms with van der Waals surface area (Å²) in [4.78, 5) is 22.7. The van der Waals surface area contributed by atoms with E-state index >= 15 is 0 Å². The fraction of sp³-hybridized carbons (Fsp3) is 0.412. The van der Waals surface area contributed by atoms with Crippen LogP contribution in [0.3, 0.4) is 0 Å². The monoisotopic (exact) mass is 304 g/mol. The second kappa shape index (κ2) is 6.64. The number of nitrogens with two attached hydrogens (primary N) is 1. The number of hydrogen-bond acceptors (Lipinski definition) is 3. The van der Waals surface area contributed by atoms with E-state index < -0.39 is 5.97 Å². The fourth-order valence-corrected chi connectivity index (χ4v) is 2.19. The third kappa shape index (κ3) is 4.91. The van der Waals surface area contributed by atoms with Crippen LogP contribution in [0.2, 0.25) is 0 Å². The van der Waals surface area contributed by atoms with Crippen molar-refractivity contribution in [2.75, 3.05) is 11.1 Å². The second-order valence-corrected chi connectivity index (χ2v) is 6.65. The summed E-state index contributed by atoms with van der Waals surface area (Å²) in [7, 11) is 0. The van der Waals surface area contributed by atoms with Gasteiger partial charge in [-0.1, -0.05) is 20.8 Å². The molecule has 0 aliphatic rings. The van der Waals surface area contributed by atoms with E-state index in [1.54, 1.807) is 6.07 Å². The van der Waals surface area contributed by atoms with Crippen molar-refractivity contribution in [1.82, 2.24) is 0 Å². The maximum atomic E-state index is 12.1. The summed E-state index contributed by atoms with van der Waals surface area (Å²) >= 11 is 0. The first-order chi connectivity index (χ1) is 10.0. The van der Waals surface area contributed by atoms with Gasteiger partial charge in [0.05, 0.1) is 0 Å². The maximum absolute atomic E-state index is 12.1. The van der Waals surface area contributed by atoms with Gasteiger partial charge in [-0.25, -0.2) is 4.79 Å². The summed E-state index contributed by atoms with van der Waals surface area (Å²) in [5.41, 5.74) is 9.33. The molecule has 4 N–H and O–H groups in total. The quantitative estimate of drug-likeness (QED) is 0.587. The van der Waals surface area contributed by atoms with Crippen LogP contribution in [0, 0.1) is 19.3 Å². The van der Waals surface area contributed by atoms with Crippen molar-refractivity contribution >= 4 is 29.3 Å². The Morgan fingerprint density at radius 1 is 1.32 bits per heavy atom. The molecule has 1 aromatic rings. The van der Waals surface area contributed by atoms with Gasteiger partial charge in [0.25, 0.3) is 0 Å². The van der Waals surface area contributed by atoms with Crippen molar-refractivity contribution in [2.24, 2.45) is 5.41 Å². The molecule has 5 nitrogen and oxygen atoms in total. The third-order valence-electron chi connectivity index (χ3n) is 3.22. The third-order valence-corrected chi connectivity index (χ3v) is 3.22. The first-order valence-corrected chi connectivity index (χ1v) is 7.12. The number of nitrogens with one attached hydrogen (secondary N) is 1. The standard InChI is InChI=1S/C17H24N2O3/c1-10-8-12(6-7-14(21)22)15(18)11(2)16(10)19-13(20)9-17(3,4)5/h6-8H,9,18H2,1-5H3,(H,19,20)(H,21,22)/b7-6+. The molecule has 1 aromatic carbocycles. The van der Waals surface area contributed by atoms with Crippen molar-refractivity contribution in [2.45, 2.75) is 41.0 Å². The second-order valence-electron chi connectivity index (χ2n) is 6.65. The largest absolute Gasteiger partial charge is 0.478 e.